The third kappa shape index (κ3) is 14.5. The quantitative estimate of drug-likeness (QED) is 0.186. The van der Waals surface area contributed by atoms with Crippen LogP contribution >= 0.6 is 9.03 Å². The molecule has 0 amide bonds. The van der Waals surface area contributed by atoms with E-state index in [9.17, 15) is 0 Å². The van der Waals surface area contributed by atoms with Gasteiger partial charge < -0.3 is 9.05 Å². The summed E-state index contributed by atoms with van der Waals surface area (Å²) < 4.78 is 11.5. The summed E-state index contributed by atoms with van der Waals surface area (Å²) in [7, 11) is 0.222. The van der Waals surface area contributed by atoms with Gasteiger partial charge in [-0.1, -0.05) is 58.4 Å². The van der Waals surface area contributed by atoms with Crippen LogP contribution in [0.15, 0.2) is 12.7 Å². The lowest BCUT2D eigenvalue weighted by molar-refractivity contribution is 0.167. The minimum absolute atomic E-state index is 0.222. The van der Waals surface area contributed by atoms with Crippen molar-refractivity contribution in [2.24, 2.45) is 0 Å². The van der Waals surface area contributed by atoms with E-state index in [4.69, 9.17) is 9.05 Å². The Morgan fingerprint density at radius 1 is 0.950 bits per heavy atom. The summed E-state index contributed by atoms with van der Waals surface area (Å²) in [5.74, 6) is 0. The van der Waals surface area contributed by atoms with Gasteiger partial charge >= 0.3 is 0 Å². The summed E-state index contributed by atoms with van der Waals surface area (Å²) in [6.45, 7) is 9.11. The van der Waals surface area contributed by atoms with E-state index >= 15 is 0 Å². The van der Waals surface area contributed by atoms with Gasteiger partial charge in [-0.15, -0.1) is 6.58 Å². The standard InChI is InChI=1S/C17H35O2P/c1-4-7-10-13-16-18-20-19-17(14-11-8-5-2)15-12-9-6-3/h5,17,20H,2,4,6-16H2,1,3H3. The predicted molar refractivity (Wildman–Crippen MR) is 91.5 cm³/mol. The highest BCUT2D eigenvalue weighted by Gasteiger charge is 2.08. The van der Waals surface area contributed by atoms with Crippen LogP contribution in [0.1, 0.15) is 84.5 Å². The van der Waals surface area contributed by atoms with E-state index in [1.54, 1.807) is 0 Å². The molecule has 120 valence electrons. The van der Waals surface area contributed by atoms with Crippen LogP contribution < -0.4 is 0 Å². The van der Waals surface area contributed by atoms with Crippen LogP contribution in [0, 0.1) is 0 Å². The minimum atomic E-state index is 0.222. The molecule has 2 nitrogen and oxygen atoms in total. The highest BCUT2D eigenvalue weighted by Crippen LogP contribution is 2.24. The maximum Gasteiger partial charge on any atom is 0.155 e. The van der Waals surface area contributed by atoms with Gasteiger partial charge in [-0.3, -0.25) is 0 Å². The van der Waals surface area contributed by atoms with Crippen LogP contribution in [0.4, 0.5) is 0 Å². The van der Waals surface area contributed by atoms with Gasteiger partial charge in [-0.25, -0.2) is 0 Å². The van der Waals surface area contributed by atoms with Crippen LogP contribution in [-0.4, -0.2) is 12.7 Å². The van der Waals surface area contributed by atoms with Crippen molar-refractivity contribution in [2.45, 2.75) is 90.6 Å². The fourth-order valence-electron chi connectivity index (χ4n) is 2.12. The number of hydrogen-bond donors (Lipinski definition) is 0. The molecule has 2 unspecified atom stereocenters. The molecule has 0 aliphatic carbocycles. The molecule has 0 saturated carbocycles. The summed E-state index contributed by atoms with van der Waals surface area (Å²) in [6.07, 6.45) is 15.9. The molecule has 0 aromatic rings. The van der Waals surface area contributed by atoms with Crippen molar-refractivity contribution in [1.82, 2.24) is 0 Å². The van der Waals surface area contributed by atoms with Gasteiger partial charge in [0.1, 0.15) is 0 Å². The molecule has 0 aliphatic rings. The summed E-state index contributed by atoms with van der Waals surface area (Å²) in [5.41, 5.74) is 0. The molecule has 2 atom stereocenters. The van der Waals surface area contributed by atoms with Crippen LogP contribution in [-0.2, 0) is 9.05 Å². The smallest absolute Gasteiger partial charge is 0.155 e. The first-order chi connectivity index (χ1) is 9.85. The second-order valence-electron chi connectivity index (χ2n) is 5.45. The third-order valence-corrected chi connectivity index (χ3v) is 4.19. The molecule has 0 fully saturated rings. The van der Waals surface area contributed by atoms with Crippen molar-refractivity contribution >= 4 is 9.03 Å². The topological polar surface area (TPSA) is 18.5 Å². The number of rotatable bonds is 16. The molecule has 0 aromatic carbocycles. The maximum atomic E-state index is 5.91. The van der Waals surface area contributed by atoms with E-state index in [0.29, 0.717) is 6.10 Å². The fourth-order valence-corrected chi connectivity index (χ4v) is 2.79. The molecule has 3 heteroatoms. The second kappa shape index (κ2) is 17.1. The fraction of sp³-hybridized carbons (Fsp3) is 0.882. The average Bonchev–Trinajstić information content (AvgIpc) is 2.46. The lowest BCUT2D eigenvalue weighted by atomic mass is 10.1. The van der Waals surface area contributed by atoms with E-state index < -0.39 is 0 Å². The molecule has 20 heavy (non-hydrogen) atoms. The minimum Gasteiger partial charge on any atom is -0.336 e. The Morgan fingerprint density at radius 3 is 2.35 bits per heavy atom. The summed E-state index contributed by atoms with van der Waals surface area (Å²) >= 11 is 0. The van der Waals surface area contributed by atoms with Crippen molar-refractivity contribution < 1.29 is 9.05 Å². The zero-order valence-corrected chi connectivity index (χ0v) is 14.7. The first-order valence-corrected chi connectivity index (χ1v) is 9.30. The molecule has 0 bridgehead atoms. The molecule has 0 saturated heterocycles. The van der Waals surface area contributed by atoms with Crippen molar-refractivity contribution in [1.29, 1.82) is 0 Å². The first kappa shape index (κ1) is 20.1. The maximum absolute atomic E-state index is 5.91. The van der Waals surface area contributed by atoms with Crippen LogP contribution in [0.3, 0.4) is 0 Å². The van der Waals surface area contributed by atoms with Crippen LogP contribution in [0.2, 0.25) is 0 Å². The lowest BCUT2D eigenvalue weighted by Crippen LogP contribution is -2.08. The van der Waals surface area contributed by atoms with E-state index in [2.05, 4.69) is 20.4 Å². The molecular weight excluding hydrogens is 267 g/mol. The van der Waals surface area contributed by atoms with E-state index in [1.807, 2.05) is 6.08 Å². The Hall–Kier alpha value is 0.0900. The molecule has 0 N–H and O–H groups in total. The summed E-state index contributed by atoms with van der Waals surface area (Å²) in [5, 5.41) is 0. The predicted octanol–water partition coefficient (Wildman–Crippen LogP) is 6.41. The van der Waals surface area contributed by atoms with Gasteiger partial charge in [0.25, 0.3) is 0 Å². The van der Waals surface area contributed by atoms with E-state index in [0.717, 1.165) is 19.4 Å². The van der Waals surface area contributed by atoms with Gasteiger partial charge in [0.2, 0.25) is 0 Å². The molecule has 0 heterocycles. The number of hydrogen-bond acceptors (Lipinski definition) is 2. The Kier molecular flexibility index (Phi) is 17.2. The highest BCUT2D eigenvalue weighted by atomic mass is 31.1. The highest BCUT2D eigenvalue weighted by molar-refractivity contribution is 7.26. The largest absolute Gasteiger partial charge is 0.336 e. The van der Waals surface area contributed by atoms with Crippen molar-refractivity contribution in [3.05, 3.63) is 12.7 Å². The van der Waals surface area contributed by atoms with Gasteiger partial charge in [0.15, 0.2) is 9.03 Å². The normalized spacial score (nSPS) is 13.1. The Morgan fingerprint density at radius 2 is 1.65 bits per heavy atom. The zero-order chi connectivity index (χ0) is 14.9. The van der Waals surface area contributed by atoms with Crippen LogP contribution in [0.5, 0.6) is 0 Å². The third-order valence-electron chi connectivity index (χ3n) is 3.44. The Bertz CT molecular complexity index is 197. The summed E-state index contributed by atoms with van der Waals surface area (Å²) in [6, 6.07) is 0. The molecule has 0 radical (unpaired) electrons. The molecule has 0 aliphatic heterocycles. The van der Waals surface area contributed by atoms with Gasteiger partial charge in [0.05, 0.1) is 12.7 Å². The van der Waals surface area contributed by atoms with Crippen LogP contribution in [0.25, 0.3) is 0 Å². The number of allylic oxidation sites excluding steroid dienone is 1. The number of unbranched alkanes of at least 4 members (excludes halogenated alkanes) is 6. The van der Waals surface area contributed by atoms with Crippen molar-refractivity contribution in [3.63, 3.8) is 0 Å². The first-order valence-electron chi connectivity index (χ1n) is 8.48. The van der Waals surface area contributed by atoms with Crippen molar-refractivity contribution in [3.8, 4) is 0 Å². The lowest BCUT2D eigenvalue weighted by Gasteiger charge is -2.17. The molecular formula is C17H35O2P. The Balaban J connectivity index is 3.58. The van der Waals surface area contributed by atoms with E-state index in [-0.39, 0.29) is 9.03 Å². The molecule has 0 aromatic heterocycles. The van der Waals surface area contributed by atoms with Crippen molar-refractivity contribution in [2.75, 3.05) is 6.61 Å². The zero-order valence-electron chi connectivity index (χ0n) is 13.7. The monoisotopic (exact) mass is 302 g/mol. The molecule has 0 spiro atoms. The SMILES string of the molecule is C=CCCCC(CCCCC)OPOCCCCCC. The average molecular weight is 302 g/mol. The van der Waals surface area contributed by atoms with Gasteiger partial charge in [0, 0.05) is 0 Å². The molecule has 0 rings (SSSR count). The van der Waals surface area contributed by atoms with E-state index in [1.165, 1.54) is 57.8 Å². The second-order valence-corrected chi connectivity index (χ2v) is 6.14. The van der Waals surface area contributed by atoms with Gasteiger partial charge in [-0.05, 0) is 32.1 Å². The van der Waals surface area contributed by atoms with Gasteiger partial charge in [-0.2, -0.15) is 0 Å². The Labute approximate surface area is 128 Å². The summed E-state index contributed by atoms with van der Waals surface area (Å²) in [4.78, 5) is 0.